The van der Waals surface area contributed by atoms with E-state index in [1.807, 2.05) is 13.8 Å². The van der Waals surface area contributed by atoms with Crippen LogP contribution in [0.1, 0.15) is 19.4 Å². The molecule has 0 fully saturated rings. The molecule has 0 bridgehead atoms. The molecule has 2 rings (SSSR count). The number of benzene rings is 2. The summed E-state index contributed by atoms with van der Waals surface area (Å²) < 4.78 is 47.3. The van der Waals surface area contributed by atoms with Crippen LogP contribution in [0.15, 0.2) is 36.4 Å². The average molecular weight is 467 g/mol. The summed E-state index contributed by atoms with van der Waals surface area (Å²) in [5.74, 6) is 1.45. The van der Waals surface area contributed by atoms with E-state index in [9.17, 15) is 13.2 Å². The Bertz CT molecular complexity index is 1040. The molecule has 0 aliphatic rings. The fourth-order valence-electron chi connectivity index (χ4n) is 2.93. The summed E-state index contributed by atoms with van der Waals surface area (Å²) in [6.07, 6.45) is 1.02. The maximum atomic E-state index is 12.6. The smallest absolute Gasteiger partial charge is 0.241 e. The van der Waals surface area contributed by atoms with Crippen LogP contribution in [-0.2, 0) is 21.4 Å². The summed E-state index contributed by atoms with van der Waals surface area (Å²) >= 11 is 0. The second-order valence-corrected chi connectivity index (χ2v) is 9.14. The first-order valence-corrected chi connectivity index (χ1v) is 11.7. The van der Waals surface area contributed by atoms with E-state index < -0.39 is 22.5 Å². The number of carbonyl (C=O) groups excluding carboxylic acids is 1. The van der Waals surface area contributed by atoms with Gasteiger partial charge in [0.1, 0.15) is 18.0 Å². The standard InChI is InChI=1S/C22H30N2O7S/c1-15(2)31-19-10-7-16(11-21(19)30-5)13-23-22(25)14-24(32(6,26)27)18-9-8-17(28-3)12-20(18)29-4/h7-12,15H,13-14H2,1-6H3,(H,23,25). The van der Waals surface area contributed by atoms with Gasteiger partial charge in [0, 0.05) is 12.6 Å². The van der Waals surface area contributed by atoms with Crippen molar-refractivity contribution in [1.29, 1.82) is 0 Å². The summed E-state index contributed by atoms with van der Waals surface area (Å²) in [5, 5.41) is 2.74. The lowest BCUT2D eigenvalue weighted by molar-refractivity contribution is -0.119. The number of hydrogen-bond donors (Lipinski definition) is 1. The van der Waals surface area contributed by atoms with Crippen molar-refractivity contribution in [3.63, 3.8) is 0 Å². The molecule has 1 N–H and O–H groups in total. The number of amides is 1. The van der Waals surface area contributed by atoms with E-state index >= 15 is 0 Å². The molecule has 32 heavy (non-hydrogen) atoms. The second-order valence-electron chi connectivity index (χ2n) is 7.24. The Hall–Kier alpha value is -3.14. The highest BCUT2D eigenvalue weighted by Gasteiger charge is 2.24. The first-order chi connectivity index (χ1) is 15.1. The van der Waals surface area contributed by atoms with Crippen molar-refractivity contribution >= 4 is 21.6 Å². The van der Waals surface area contributed by atoms with Gasteiger partial charge < -0.3 is 24.3 Å². The van der Waals surface area contributed by atoms with Crippen LogP contribution >= 0.6 is 0 Å². The van der Waals surface area contributed by atoms with E-state index in [0.29, 0.717) is 17.2 Å². The first kappa shape index (κ1) is 25.1. The predicted molar refractivity (Wildman–Crippen MR) is 122 cm³/mol. The molecule has 0 saturated heterocycles. The van der Waals surface area contributed by atoms with Gasteiger partial charge in [0.15, 0.2) is 11.5 Å². The molecule has 0 heterocycles. The van der Waals surface area contributed by atoms with Crippen LogP contribution < -0.4 is 28.6 Å². The average Bonchev–Trinajstić information content (AvgIpc) is 2.75. The van der Waals surface area contributed by atoms with Crippen LogP contribution in [0.25, 0.3) is 0 Å². The van der Waals surface area contributed by atoms with Crippen molar-refractivity contribution in [1.82, 2.24) is 5.32 Å². The third-order valence-electron chi connectivity index (χ3n) is 4.42. The predicted octanol–water partition coefficient (Wildman–Crippen LogP) is 2.58. The molecule has 9 nitrogen and oxygen atoms in total. The third kappa shape index (κ3) is 6.68. The zero-order valence-corrected chi connectivity index (χ0v) is 20.0. The van der Waals surface area contributed by atoms with Crippen molar-refractivity contribution < 1.29 is 32.2 Å². The van der Waals surface area contributed by atoms with Gasteiger partial charge in [0.05, 0.1) is 39.4 Å². The minimum absolute atomic E-state index is 0.00799. The van der Waals surface area contributed by atoms with E-state index in [0.717, 1.165) is 16.1 Å². The lowest BCUT2D eigenvalue weighted by Gasteiger charge is -2.24. The molecule has 0 aromatic heterocycles. The lowest BCUT2D eigenvalue weighted by atomic mass is 10.2. The number of ether oxygens (including phenoxy) is 4. The van der Waals surface area contributed by atoms with E-state index in [4.69, 9.17) is 18.9 Å². The van der Waals surface area contributed by atoms with E-state index in [1.54, 1.807) is 30.3 Å². The van der Waals surface area contributed by atoms with E-state index in [-0.39, 0.29) is 24.1 Å². The zero-order chi connectivity index (χ0) is 23.9. The number of methoxy groups -OCH3 is 3. The van der Waals surface area contributed by atoms with Gasteiger partial charge in [-0.3, -0.25) is 9.10 Å². The third-order valence-corrected chi connectivity index (χ3v) is 5.55. The molecule has 176 valence electrons. The Morgan fingerprint density at radius 1 is 0.969 bits per heavy atom. The number of anilines is 1. The van der Waals surface area contributed by atoms with Crippen LogP contribution in [0.3, 0.4) is 0 Å². The van der Waals surface area contributed by atoms with Gasteiger partial charge >= 0.3 is 0 Å². The summed E-state index contributed by atoms with van der Waals surface area (Å²) in [6.45, 7) is 3.61. The second kappa shape index (κ2) is 10.9. The molecule has 0 atom stereocenters. The molecule has 0 radical (unpaired) electrons. The zero-order valence-electron chi connectivity index (χ0n) is 19.2. The molecular weight excluding hydrogens is 436 g/mol. The highest BCUT2D eigenvalue weighted by atomic mass is 32.2. The van der Waals surface area contributed by atoms with Gasteiger partial charge in [-0.15, -0.1) is 0 Å². The van der Waals surface area contributed by atoms with Crippen molar-refractivity contribution in [2.45, 2.75) is 26.5 Å². The molecule has 0 unspecified atom stereocenters. The van der Waals surface area contributed by atoms with Crippen LogP contribution in [0.2, 0.25) is 0 Å². The van der Waals surface area contributed by atoms with E-state index in [2.05, 4.69) is 5.32 Å². The van der Waals surface area contributed by atoms with Crippen LogP contribution in [0.5, 0.6) is 23.0 Å². The van der Waals surface area contributed by atoms with Crippen LogP contribution in [0, 0.1) is 0 Å². The molecule has 2 aromatic rings. The van der Waals surface area contributed by atoms with Gasteiger partial charge in [-0.1, -0.05) is 6.07 Å². The van der Waals surface area contributed by atoms with Crippen LogP contribution in [-0.4, -0.2) is 54.6 Å². The minimum Gasteiger partial charge on any atom is -0.497 e. The molecule has 0 aliphatic heterocycles. The van der Waals surface area contributed by atoms with Crippen molar-refractivity contribution in [2.24, 2.45) is 0 Å². The fraction of sp³-hybridized carbons (Fsp3) is 0.409. The highest BCUT2D eigenvalue weighted by molar-refractivity contribution is 7.92. The Kier molecular flexibility index (Phi) is 8.59. The number of hydrogen-bond acceptors (Lipinski definition) is 7. The van der Waals surface area contributed by atoms with Crippen molar-refractivity contribution in [3.8, 4) is 23.0 Å². The van der Waals surface area contributed by atoms with Crippen LogP contribution in [0.4, 0.5) is 5.69 Å². The van der Waals surface area contributed by atoms with Gasteiger partial charge in [-0.25, -0.2) is 8.42 Å². The molecular formula is C22H30N2O7S. The molecule has 0 spiro atoms. The monoisotopic (exact) mass is 466 g/mol. The number of nitrogens with zero attached hydrogens (tertiary/aromatic N) is 1. The number of nitrogens with one attached hydrogen (secondary N) is 1. The molecule has 1 amide bonds. The van der Waals surface area contributed by atoms with Gasteiger partial charge in [-0.2, -0.15) is 0 Å². The quantitative estimate of drug-likeness (QED) is 0.543. The normalized spacial score (nSPS) is 11.1. The molecule has 0 aliphatic carbocycles. The Morgan fingerprint density at radius 2 is 1.66 bits per heavy atom. The SMILES string of the molecule is COc1ccc(N(CC(=O)NCc2ccc(OC(C)C)c(OC)c2)S(C)(=O)=O)c(OC)c1. The summed E-state index contributed by atoms with van der Waals surface area (Å²) in [4.78, 5) is 12.6. The minimum atomic E-state index is -3.76. The fourth-order valence-corrected chi connectivity index (χ4v) is 3.79. The molecule has 2 aromatic carbocycles. The summed E-state index contributed by atoms with van der Waals surface area (Å²) in [7, 11) is 0.686. The summed E-state index contributed by atoms with van der Waals surface area (Å²) in [6, 6.07) is 10.0. The lowest BCUT2D eigenvalue weighted by Crippen LogP contribution is -2.40. The Balaban J connectivity index is 2.16. The number of rotatable bonds is 11. The topological polar surface area (TPSA) is 103 Å². The first-order valence-electron chi connectivity index (χ1n) is 9.89. The molecule has 0 saturated carbocycles. The van der Waals surface area contributed by atoms with E-state index in [1.165, 1.54) is 27.4 Å². The number of carbonyl (C=O) groups is 1. The molecule has 10 heteroatoms. The van der Waals surface area contributed by atoms with Gasteiger partial charge in [-0.05, 0) is 43.7 Å². The van der Waals surface area contributed by atoms with Gasteiger partial charge in [0.2, 0.25) is 15.9 Å². The summed E-state index contributed by atoms with van der Waals surface area (Å²) in [5.41, 5.74) is 1.02. The number of sulfonamides is 1. The maximum Gasteiger partial charge on any atom is 0.241 e. The van der Waals surface area contributed by atoms with Gasteiger partial charge in [0.25, 0.3) is 0 Å². The largest absolute Gasteiger partial charge is 0.497 e. The maximum absolute atomic E-state index is 12.6. The highest BCUT2D eigenvalue weighted by Crippen LogP contribution is 2.33. The Labute approximate surface area is 189 Å². The Morgan fingerprint density at radius 3 is 2.22 bits per heavy atom. The van der Waals surface area contributed by atoms with Crippen molar-refractivity contribution in [3.05, 3.63) is 42.0 Å². The van der Waals surface area contributed by atoms with Crippen molar-refractivity contribution in [2.75, 3.05) is 38.4 Å².